The maximum atomic E-state index is 13.2. The first-order chi connectivity index (χ1) is 11.9. The number of fused-ring (bicyclic) bond motifs is 4. The van der Waals surface area contributed by atoms with Crippen LogP contribution in [-0.2, 0) is 28.6 Å². The third-order valence-electron chi connectivity index (χ3n) is 6.75. The van der Waals surface area contributed by atoms with E-state index in [2.05, 4.69) is 4.74 Å². The van der Waals surface area contributed by atoms with Crippen molar-refractivity contribution >= 4 is 17.5 Å². The van der Waals surface area contributed by atoms with Crippen molar-refractivity contribution in [1.82, 2.24) is 0 Å². The number of esters is 1. The van der Waals surface area contributed by atoms with Crippen molar-refractivity contribution in [2.24, 2.45) is 23.2 Å². The van der Waals surface area contributed by atoms with E-state index in [1.807, 2.05) is 6.92 Å². The lowest BCUT2D eigenvalue weighted by Crippen LogP contribution is -2.49. The van der Waals surface area contributed by atoms with Crippen LogP contribution >= 0.6 is 0 Å². The second-order valence-electron chi connectivity index (χ2n) is 7.80. The maximum absolute atomic E-state index is 13.2. The van der Waals surface area contributed by atoms with Crippen LogP contribution in [0.1, 0.15) is 39.0 Å². The topological polar surface area (TPSA) is 78.9 Å². The lowest BCUT2D eigenvalue weighted by molar-refractivity contribution is -0.184. The summed E-state index contributed by atoms with van der Waals surface area (Å²) in [6, 6.07) is 0. The molecule has 3 fully saturated rings. The van der Waals surface area contributed by atoms with E-state index in [1.165, 1.54) is 7.11 Å². The van der Waals surface area contributed by atoms with Gasteiger partial charge in [0.15, 0.2) is 17.4 Å². The summed E-state index contributed by atoms with van der Waals surface area (Å²) in [7, 11) is 1.26. The molecule has 0 N–H and O–H groups in total. The quantitative estimate of drug-likeness (QED) is 0.572. The summed E-state index contributed by atoms with van der Waals surface area (Å²) < 4.78 is 16.6. The van der Waals surface area contributed by atoms with Gasteiger partial charge >= 0.3 is 5.97 Å². The molecule has 6 nitrogen and oxygen atoms in total. The van der Waals surface area contributed by atoms with Crippen LogP contribution in [0.25, 0.3) is 0 Å². The molecule has 1 spiro atoms. The van der Waals surface area contributed by atoms with Gasteiger partial charge in [-0.25, -0.2) is 0 Å². The first-order valence-electron chi connectivity index (χ1n) is 9.03. The summed E-state index contributed by atoms with van der Waals surface area (Å²) in [5.41, 5.74) is -0.115. The Balaban J connectivity index is 1.75. The van der Waals surface area contributed by atoms with Gasteiger partial charge in [-0.3, -0.25) is 14.4 Å². The molecule has 3 aliphatic carbocycles. The second-order valence-corrected chi connectivity index (χ2v) is 7.80. The number of methoxy groups -OCH3 is 1. The molecule has 2 saturated carbocycles. The summed E-state index contributed by atoms with van der Waals surface area (Å²) in [5.74, 6) is -1.83. The molecule has 0 aromatic rings. The highest BCUT2D eigenvalue weighted by atomic mass is 16.7. The molecule has 1 saturated heterocycles. The van der Waals surface area contributed by atoms with Gasteiger partial charge < -0.3 is 14.2 Å². The van der Waals surface area contributed by atoms with Crippen molar-refractivity contribution < 1.29 is 28.6 Å². The zero-order valence-electron chi connectivity index (χ0n) is 14.7. The van der Waals surface area contributed by atoms with Crippen molar-refractivity contribution in [3.8, 4) is 0 Å². The molecule has 4 atom stereocenters. The fourth-order valence-electron chi connectivity index (χ4n) is 5.90. The minimum atomic E-state index is -1.11. The second kappa shape index (κ2) is 5.74. The largest absolute Gasteiger partial charge is 0.469 e. The van der Waals surface area contributed by atoms with E-state index in [9.17, 15) is 14.4 Å². The summed E-state index contributed by atoms with van der Waals surface area (Å²) in [6.45, 7) is 3.05. The number of ketones is 2. The molecular formula is C19H24O6. The van der Waals surface area contributed by atoms with Gasteiger partial charge in [0.1, 0.15) is 6.42 Å². The van der Waals surface area contributed by atoms with Gasteiger partial charge in [-0.05, 0) is 44.1 Å². The van der Waals surface area contributed by atoms with E-state index >= 15 is 0 Å². The van der Waals surface area contributed by atoms with Crippen molar-refractivity contribution in [3.63, 3.8) is 0 Å². The van der Waals surface area contributed by atoms with Crippen LogP contribution < -0.4 is 0 Å². The molecule has 0 aromatic heterocycles. The number of hydrogen-bond donors (Lipinski definition) is 0. The molecule has 1 heterocycles. The smallest absolute Gasteiger partial charge is 0.313 e. The molecule has 4 aliphatic rings. The summed E-state index contributed by atoms with van der Waals surface area (Å²) in [4.78, 5) is 38.1. The number of Topliss-reactive ketones (excluding diaryl/α,β-unsaturated/α-hetero) is 1. The highest BCUT2D eigenvalue weighted by molar-refractivity contribution is 6.17. The average Bonchev–Trinajstić information content (AvgIpc) is 3.24. The third-order valence-corrected chi connectivity index (χ3v) is 6.75. The average molecular weight is 348 g/mol. The molecule has 1 aliphatic heterocycles. The first-order valence-corrected chi connectivity index (χ1v) is 9.03. The Labute approximate surface area is 146 Å². The number of hydrogen-bond acceptors (Lipinski definition) is 6. The Morgan fingerprint density at radius 2 is 2.00 bits per heavy atom. The molecule has 25 heavy (non-hydrogen) atoms. The molecule has 0 amide bonds. The zero-order valence-corrected chi connectivity index (χ0v) is 14.7. The highest BCUT2D eigenvalue weighted by Crippen LogP contribution is 2.66. The molecule has 0 unspecified atom stereocenters. The van der Waals surface area contributed by atoms with E-state index in [4.69, 9.17) is 9.47 Å². The molecule has 0 aromatic carbocycles. The maximum Gasteiger partial charge on any atom is 0.313 e. The van der Waals surface area contributed by atoms with Gasteiger partial charge in [-0.15, -0.1) is 0 Å². The van der Waals surface area contributed by atoms with Crippen molar-refractivity contribution in [2.45, 2.75) is 44.8 Å². The van der Waals surface area contributed by atoms with Crippen LogP contribution in [0.5, 0.6) is 0 Å². The summed E-state index contributed by atoms with van der Waals surface area (Å²) in [6.07, 6.45) is 4.13. The van der Waals surface area contributed by atoms with Gasteiger partial charge in [0.25, 0.3) is 0 Å². The molecule has 6 heteroatoms. The number of allylic oxidation sites excluding steroid dienone is 2. The van der Waals surface area contributed by atoms with Gasteiger partial charge in [0.05, 0.1) is 25.7 Å². The van der Waals surface area contributed by atoms with Crippen molar-refractivity contribution in [1.29, 1.82) is 0 Å². The van der Waals surface area contributed by atoms with Gasteiger partial charge in [0, 0.05) is 12.3 Å². The van der Waals surface area contributed by atoms with Crippen LogP contribution in [0.4, 0.5) is 0 Å². The Morgan fingerprint density at radius 3 is 2.68 bits per heavy atom. The Hall–Kier alpha value is -1.53. The van der Waals surface area contributed by atoms with E-state index < -0.39 is 17.2 Å². The van der Waals surface area contributed by atoms with Crippen molar-refractivity contribution in [2.75, 3.05) is 20.3 Å². The van der Waals surface area contributed by atoms with Gasteiger partial charge in [-0.1, -0.05) is 5.57 Å². The number of carbonyl (C=O) groups is 3. The molecule has 136 valence electrons. The van der Waals surface area contributed by atoms with E-state index in [0.717, 1.165) is 12.0 Å². The van der Waals surface area contributed by atoms with Crippen LogP contribution in [0.3, 0.4) is 0 Å². The third kappa shape index (κ3) is 2.20. The molecule has 0 radical (unpaired) electrons. The van der Waals surface area contributed by atoms with Crippen LogP contribution in [0, 0.1) is 23.2 Å². The lowest BCUT2D eigenvalue weighted by Gasteiger charge is -2.39. The normalized spacial score (nSPS) is 38.4. The van der Waals surface area contributed by atoms with Gasteiger partial charge in [-0.2, -0.15) is 0 Å². The van der Waals surface area contributed by atoms with Crippen LogP contribution in [-0.4, -0.2) is 43.6 Å². The number of rotatable bonds is 3. The van der Waals surface area contributed by atoms with E-state index in [0.29, 0.717) is 32.5 Å². The van der Waals surface area contributed by atoms with Crippen LogP contribution in [0.15, 0.2) is 11.6 Å². The van der Waals surface area contributed by atoms with Crippen LogP contribution in [0.2, 0.25) is 0 Å². The predicted octanol–water partition coefficient (Wildman–Crippen LogP) is 1.81. The minimum Gasteiger partial charge on any atom is -0.469 e. The predicted molar refractivity (Wildman–Crippen MR) is 86.4 cm³/mol. The zero-order chi connectivity index (χ0) is 17.8. The van der Waals surface area contributed by atoms with Crippen molar-refractivity contribution in [3.05, 3.63) is 11.6 Å². The van der Waals surface area contributed by atoms with Gasteiger partial charge in [0.2, 0.25) is 0 Å². The van der Waals surface area contributed by atoms with E-state index in [-0.39, 0.29) is 35.7 Å². The molecule has 4 rings (SSSR count). The number of carbonyl (C=O) groups excluding carboxylic acids is 3. The first kappa shape index (κ1) is 16.9. The Bertz CT molecular complexity index is 659. The monoisotopic (exact) mass is 348 g/mol. The highest BCUT2D eigenvalue weighted by Gasteiger charge is 2.70. The fourth-order valence-corrected chi connectivity index (χ4v) is 5.90. The number of ether oxygens (including phenoxy) is 3. The van der Waals surface area contributed by atoms with E-state index in [1.54, 1.807) is 6.08 Å². The minimum absolute atomic E-state index is 0.0323. The molecule has 0 bridgehead atoms. The Morgan fingerprint density at radius 1 is 1.28 bits per heavy atom. The fraction of sp³-hybridized carbons (Fsp3) is 0.737. The summed E-state index contributed by atoms with van der Waals surface area (Å²) in [5, 5.41) is 0. The lowest BCUT2D eigenvalue weighted by atomic mass is 9.60. The SMILES string of the molecule is COC(=O)CC(=O)[C@]12C(=O)C=C(C)C[C@H]1C[C@H]1[C@@H]2CCC12OCCO2. The standard InChI is InChI=1S/C19H24O6/c1-11-7-12-9-14-13(3-4-18(14)24-5-6-25-18)19(12,15(20)8-11)16(21)10-17(22)23-2/h8,12-14H,3-7,9-10H2,1-2H3/t12-,13-,14-,19+/m0/s1. The Kier molecular flexibility index (Phi) is 3.88. The molecular weight excluding hydrogens is 324 g/mol. The summed E-state index contributed by atoms with van der Waals surface area (Å²) >= 11 is 0.